The summed E-state index contributed by atoms with van der Waals surface area (Å²) < 4.78 is 28.4. The largest absolute Gasteiger partial charge is 0.394 e. The minimum atomic E-state index is -3.56. The zero-order valence-corrected chi connectivity index (χ0v) is 11.4. The van der Waals surface area contributed by atoms with Gasteiger partial charge in [0.1, 0.15) is 0 Å². The van der Waals surface area contributed by atoms with Gasteiger partial charge in [0.2, 0.25) is 0 Å². The van der Waals surface area contributed by atoms with E-state index in [1.54, 1.807) is 12.1 Å². The van der Waals surface area contributed by atoms with E-state index in [4.69, 9.17) is 0 Å². The van der Waals surface area contributed by atoms with Gasteiger partial charge in [-0.2, -0.15) is 17.4 Å². The molecule has 1 fully saturated rings. The van der Waals surface area contributed by atoms with Crippen LogP contribution < -0.4 is 10.0 Å². The smallest absolute Gasteiger partial charge is 0.280 e. The van der Waals surface area contributed by atoms with Crippen molar-refractivity contribution in [3.8, 4) is 0 Å². The molecule has 0 amide bonds. The van der Waals surface area contributed by atoms with E-state index in [2.05, 4.69) is 10.0 Å². The van der Waals surface area contributed by atoms with E-state index >= 15 is 0 Å². The van der Waals surface area contributed by atoms with Gasteiger partial charge in [0.05, 0.1) is 12.6 Å². The summed E-state index contributed by atoms with van der Waals surface area (Å²) in [4.78, 5) is 0. The van der Waals surface area contributed by atoms with Crippen LogP contribution in [0.1, 0.15) is 11.6 Å². The van der Waals surface area contributed by atoms with Crippen LogP contribution in [0.3, 0.4) is 0 Å². The summed E-state index contributed by atoms with van der Waals surface area (Å²) in [5, 5.41) is 12.5. The molecule has 1 aliphatic heterocycles. The number of nitrogens with zero attached hydrogens (tertiary/aromatic N) is 1. The lowest BCUT2D eigenvalue weighted by Gasteiger charge is -2.28. The number of aliphatic hydroxyl groups is 1. The molecule has 0 aliphatic carbocycles. The normalized spacial score (nSPS) is 19.2. The van der Waals surface area contributed by atoms with Crippen molar-refractivity contribution < 1.29 is 13.5 Å². The third-order valence-electron chi connectivity index (χ3n) is 3.09. The van der Waals surface area contributed by atoms with Crippen LogP contribution in [-0.4, -0.2) is 50.6 Å². The number of aliphatic hydroxyl groups excluding tert-OH is 1. The topological polar surface area (TPSA) is 81.7 Å². The van der Waals surface area contributed by atoms with E-state index in [1.807, 2.05) is 18.2 Å². The first-order valence-corrected chi connectivity index (χ1v) is 7.71. The van der Waals surface area contributed by atoms with Gasteiger partial charge < -0.3 is 10.4 Å². The Hall–Kier alpha value is -0.990. The summed E-state index contributed by atoms with van der Waals surface area (Å²) in [7, 11) is -3.56. The minimum absolute atomic E-state index is 0.269. The molecule has 106 valence electrons. The van der Waals surface area contributed by atoms with Gasteiger partial charge in [-0.1, -0.05) is 30.3 Å². The Bertz CT molecular complexity index is 486. The lowest BCUT2D eigenvalue weighted by Crippen LogP contribution is -2.51. The number of nitrogens with one attached hydrogen (secondary N) is 2. The third-order valence-corrected chi connectivity index (χ3v) is 4.72. The first-order chi connectivity index (χ1) is 9.13. The van der Waals surface area contributed by atoms with Crippen molar-refractivity contribution in [1.82, 2.24) is 14.3 Å². The first kappa shape index (κ1) is 14.4. The summed E-state index contributed by atoms with van der Waals surface area (Å²) in [6, 6.07) is 8.46. The molecule has 0 saturated carbocycles. The van der Waals surface area contributed by atoms with Gasteiger partial charge in [0.25, 0.3) is 10.2 Å². The molecular weight excluding hydrogens is 266 g/mol. The van der Waals surface area contributed by atoms with Crippen LogP contribution in [0.25, 0.3) is 0 Å². The monoisotopic (exact) mass is 285 g/mol. The summed E-state index contributed by atoms with van der Waals surface area (Å²) in [5.41, 5.74) is 0.753. The number of rotatable bonds is 5. The third kappa shape index (κ3) is 3.74. The molecule has 1 heterocycles. The van der Waals surface area contributed by atoms with Gasteiger partial charge in [-0.3, -0.25) is 0 Å². The van der Waals surface area contributed by atoms with Crippen molar-refractivity contribution in [3.05, 3.63) is 35.9 Å². The molecular formula is C12H19N3O3S. The van der Waals surface area contributed by atoms with Gasteiger partial charge in [-0.15, -0.1) is 0 Å². The first-order valence-electron chi connectivity index (χ1n) is 6.27. The molecule has 0 bridgehead atoms. The molecule has 6 nitrogen and oxygen atoms in total. The number of hydrogen-bond acceptors (Lipinski definition) is 4. The van der Waals surface area contributed by atoms with Crippen molar-refractivity contribution in [2.75, 3.05) is 32.8 Å². The molecule has 1 aliphatic rings. The predicted molar refractivity (Wildman–Crippen MR) is 72.8 cm³/mol. The Balaban J connectivity index is 2.09. The maximum absolute atomic E-state index is 12.2. The van der Waals surface area contributed by atoms with Gasteiger partial charge >= 0.3 is 0 Å². The van der Waals surface area contributed by atoms with Crippen LogP contribution in [0.5, 0.6) is 0 Å². The quantitative estimate of drug-likeness (QED) is 0.679. The summed E-state index contributed by atoms with van der Waals surface area (Å²) in [6.07, 6.45) is 0. The molecule has 7 heteroatoms. The highest BCUT2D eigenvalue weighted by Crippen LogP contribution is 2.14. The van der Waals surface area contributed by atoms with E-state index in [0.717, 1.165) is 5.56 Å². The number of benzene rings is 1. The highest BCUT2D eigenvalue weighted by Gasteiger charge is 2.26. The molecule has 2 rings (SSSR count). The summed E-state index contributed by atoms with van der Waals surface area (Å²) in [5.74, 6) is 0. The Morgan fingerprint density at radius 2 is 1.89 bits per heavy atom. The second kappa shape index (κ2) is 6.44. The SMILES string of the molecule is O=S(=O)(N[C@@H](CO)c1ccccc1)N1CCNCC1. The van der Waals surface area contributed by atoms with Crippen LogP contribution >= 0.6 is 0 Å². The average Bonchev–Trinajstić information content (AvgIpc) is 2.47. The van der Waals surface area contributed by atoms with Crippen LogP contribution in [0.15, 0.2) is 30.3 Å². The van der Waals surface area contributed by atoms with E-state index in [1.165, 1.54) is 4.31 Å². The van der Waals surface area contributed by atoms with Crippen molar-refractivity contribution in [3.63, 3.8) is 0 Å². The van der Waals surface area contributed by atoms with E-state index in [9.17, 15) is 13.5 Å². The van der Waals surface area contributed by atoms with Crippen molar-refractivity contribution in [2.45, 2.75) is 6.04 Å². The van der Waals surface area contributed by atoms with E-state index in [0.29, 0.717) is 26.2 Å². The van der Waals surface area contributed by atoms with Gasteiger partial charge in [-0.25, -0.2) is 0 Å². The maximum atomic E-state index is 12.2. The fourth-order valence-corrected chi connectivity index (χ4v) is 3.42. The maximum Gasteiger partial charge on any atom is 0.280 e. The molecule has 3 N–H and O–H groups in total. The molecule has 1 aromatic carbocycles. The van der Waals surface area contributed by atoms with Crippen LogP contribution in [0, 0.1) is 0 Å². The minimum Gasteiger partial charge on any atom is -0.394 e. The molecule has 0 spiro atoms. The predicted octanol–water partition coefficient (Wildman–Crippen LogP) is -0.540. The summed E-state index contributed by atoms with van der Waals surface area (Å²) >= 11 is 0. The zero-order chi connectivity index (χ0) is 13.7. The molecule has 19 heavy (non-hydrogen) atoms. The van der Waals surface area contributed by atoms with Crippen molar-refractivity contribution in [1.29, 1.82) is 0 Å². The molecule has 1 aromatic rings. The molecule has 1 saturated heterocycles. The van der Waals surface area contributed by atoms with Crippen molar-refractivity contribution in [2.24, 2.45) is 0 Å². The van der Waals surface area contributed by atoms with E-state index in [-0.39, 0.29) is 6.61 Å². The second-order valence-corrected chi connectivity index (χ2v) is 6.12. The average molecular weight is 285 g/mol. The van der Waals surface area contributed by atoms with Crippen LogP contribution in [0.2, 0.25) is 0 Å². The lowest BCUT2D eigenvalue weighted by molar-refractivity contribution is 0.254. The zero-order valence-electron chi connectivity index (χ0n) is 10.6. The fraction of sp³-hybridized carbons (Fsp3) is 0.500. The molecule has 1 atom stereocenters. The van der Waals surface area contributed by atoms with Gasteiger partial charge in [0.15, 0.2) is 0 Å². The van der Waals surface area contributed by atoms with Gasteiger partial charge in [-0.05, 0) is 5.56 Å². The molecule has 0 aromatic heterocycles. The van der Waals surface area contributed by atoms with Gasteiger partial charge in [0, 0.05) is 26.2 Å². The van der Waals surface area contributed by atoms with Crippen LogP contribution in [0.4, 0.5) is 0 Å². The highest BCUT2D eigenvalue weighted by atomic mass is 32.2. The molecule has 0 unspecified atom stereocenters. The Labute approximate surface area is 113 Å². The van der Waals surface area contributed by atoms with Crippen LogP contribution in [-0.2, 0) is 10.2 Å². The lowest BCUT2D eigenvalue weighted by atomic mass is 10.1. The number of piperazine rings is 1. The van der Waals surface area contributed by atoms with E-state index < -0.39 is 16.3 Å². The second-order valence-electron chi connectivity index (χ2n) is 4.42. The standard InChI is InChI=1S/C12H19N3O3S/c16-10-12(11-4-2-1-3-5-11)14-19(17,18)15-8-6-13-7-9-15/h1-5,12-14,16H,6-10H2/t12-/m0/s1. The fourth-order valence-electron chi connectivity index (χ4n) is 2.04. The Morgan fingerprint density at radius 1 is 1.26 bits per heavy atom. The Morgan fingerprint density at radius 3 is 2.47 bits per heavy atom. The highest BCUT2D eigenvalue weighted by molar-refractivity contribution is 7.87. The molecule has 0 radical (unpaired) electrons. The Kier molecular flexibility index (Phi) is 4.89. The summed E-state index contributed by atoms with van der Waals surface area (Å²) in [6.45, 7) is 1.92. The van der Waals surface area contributed by atoms with Crippen molar-refractivity contribution >= 4 is 10.2 Å². The number of hydrogen-bond donors (Lipinski definition) is 3.